The third-order valence-electron chi connectivity index (χ3n) is 1.06. The number of aliphatic hydroxyl groups excluding tert-OH is 4. The molecule has 0 aromatic rings. The van der Waals surface area contributed by atoms with Crippen LogP contribution >= 0.6 is 0 Å². The van der Waals surface area contributed by atoms with Crippen LogP contribution in [-0.2, 0) is 9.59 Å². The van der Waals surface area contributed by atoms with Gasteiger partial charge in [-0.15, -0.1) is 0 Å². The summed E-state index contributed by atoms with van der Waals surface area (Å²) in [6, 6.07) is 0. The predicted molar refractivity (Wildman–Crippen MR) is 59.6 cm³/mol. The second-order valence-electron chi connectivity index (χ2n) is 2.59. The minimum absolute atomic E-state index is 0.0972. The number of carboxylic acid groups (broad SMARTS) is 2. The van der Waals surface area contributed by atoms with Gasteiger partial charge in [0, 0.05) is 13.1 Å². The van der Waals surface area contributed by atoms with Crippen LogP contribution in [0.4, 0.5) is 0 Å². The molecule has 0 heterocycles. The predicted octanol–water partition coefficient (Wildman–Crippen LogP) is -4.25. The van der Waals surface area contributed by atoms with Gasteiger partial charge in [0.2, 0.25) is 0 Å². The maximum Gasteiger partial charge on any atom is 0.335 e. The summed E-state index contributed by atoms with van der Waals surface area (Å²) in [5.41, 5.74) is 9.56. The Morgan fingerprint density at radius 3 is 1.06 bits per heavy atom. The fourth-order valence-electron chi connectivity index (χ4n) is 0.270. The quantitative estimate of drug-likeness (QED) is 0.241. The van der Waals surface area contributed by atoms with Gasteiger partial charge >= 0.3 is 11.9 Å². The highest BCUT2D eigenvalue weighted by Gasteiger charge is 2.29. The summed E-state index contributed by atoms with van der Waals surface area (Å²) in [5, 5.41) is 48.0. The summed E-state index contributed by atoms with van der Waals surface area (Å²) in [6.07, 6.45) is -4.53. The van der Waals surface area contributed by atoms with Gasteiger partial charge in [0.15, 0.2) is 12.2 Å². The number of rotatable bonds is 5. The van der Waals surface area contributed by atoms with Gasteiger partial charge < -0.3 is 42.1 Å². The monoisotopic (exact) mass is 272 g/mol. The van der Waals surface area contributed by atoms with Crippen LogP contribution in [0.25, 0.3) is 0 Å². The Morgan fingerprint density at radius 2 is 1.00 bits per heavy atom. The van der Waals surface area contributed by atoms with Crippen LogP contribution in [0, 0.1) is 0 Å². The normalized spacial score (nSPS) is 12.1. The average molecular weight is 272 g/mol. The van der Waals surface area contributed by atoms with E-state index in [1.54, 1.807) is 0 Å². The van der Waals surface area contributed by atoms with Crippen molar-refractivity contribution >= 4 is 11.9 Å². The molecular formula is C8H20N2O8. The van der Waals surface area contributed by atoms with E-state index < -0.39 is 24.1 Å². The van der Waals surface area contributed by atoms with Gasteiger partial charge in [-0.2, -0.15) is 0 Å². The average Bonchev–Trinajstić information content (AvgIpc) is 2.37. The summed E-state index contributed by atoms with van der Waals surface area (Å²) in [7, 11) is 0. The van der Waals surface area contributed by atoms with Crippen LogP contribution < -0.4 is 11.5 Å². The minimum atomic E-state index is -2.27. The van der Waals surface area contributed by atoms with Crippen molar-refractivity contribution in [2.24, 2.45) is 11.5 Å². The Balaban J connectivity index is -0.000000233. The van der Waals surface area contributed by atoms with Gasteiger partial charge in [0.25, 0.3) is 0 Å². The van der Waals surface area contributed by atoms with E-state index in [9.17, 15) is 9.59 Å². The number of nitrogens with two attached hydrogens (primary N) is 2. The molecule has 0 saturated heterocycles. The molecule has 10 heteroatoms. The minimum Gasteiger partial charge on any atom is -0.479 e. The number of aliphatic carboxylic acids is 2. The molecular weight excluding hydrogens is 252 g/mol. The summed E-state index contributed by atoms with van der Waals surface area (Å²) in [4.78, 5) is 19.5. The van der Waals surface area contributed by atoms with Crippen molar-refractivity contribution in [2.75, 3.05) is 26.3 Å². The first-order valence-corrected chi connectivity index (χ1v) is 4.73. The molecule has 0 saturated carbocycles. The first kappa shape index (κ1) is 21.9. The molecule has 2 unspecified atom stereocenters. The second kappa shape index (κ2) is 15.7. The largest absolute Gasteiger partial charge is 0.479 e. The maximum atomic E-state index is 9.77. The molecule has 0 aliphatic carbocycles. The molecule has 0 amide bonds. The lowest BCUT2D eigenvalue weighted by Gasteiger charge is -2.07. The van der Waals surface area contributed by atoms with Crippen LogP contribution in [0.15, 0.2) is 0 Å². The Bertz CT molecular complexity index is 187. The molecule has 0 aromatic heterocycles. The van der Waals surface area contributed by atoms with E-state index in [1.807, 2.05) is 0 Å². The van der Waals surface area contributed by atoms with Crippen molar-refractivity contribution in [3.05, 3.63) is 0 Å². The fourth-order valence-corrected chi connectivity index (χ4v) is 0.270. The lowest BCUT2D eigenvalue weighted by molar-refractivity contribution is -0.165. The zero-order valence-corrected chi connectivity index (χ0v) is 9.64. The van der Waals surface area contributed by atoms with Crippen LogP contribution in [0.5, 0.6) is 0 Å². The number of hydrogen-bond donors (Lipinski definition) is 8. The molecule has 18 heavy (non-hydrogen) atoms. The van der Waals surface area contributed by atoms with Crippen molar-refractivity contribution in [1.82, 2.24) is 0 Å². The highest BCUT2D eigenvalue weighted by atomic mass is 16.4. The molecule has 0 bridgehead atoms. The third kappa shape index (κ3) is 17.1. The highest BCUT2D eigenvalue weighted by Crippen LogP contribution is 1.92. The van der Waals surface area contributed by atoms with Crippen molar-refractivity contribution in [3.63, 3.8) is 0 Å². The van der Waals surface area contributed by atoms with Crippen LogP contribution in [0.1, 0.15) is 0 Å². The zero-order valence-electron chi connectivity index (χ0n) is 9.64. The Hall–Kier alpha value is -1.30. The lowest BCUT2D eigenvalue weighted by Crippen LogP contribution is -2.39. The Morgan fingerprint density at radius 1 is 0.833 bits per heavy atom. The van der Waals surface area contributed by atoms with Crippen molar-refractivity contribution in [2.45, 2.75) is 12.2 Å². The van der Waals surface area contributed by atoms with Crippen LogP contribution in [0.3, 0.4) is 0 Å². The fraction of sp³-hybridized carbons (Fsp3) is 0.750. The number of carboxylic acids is 2. The van der Waals surface area contributed by atoms with Crippen molar-refractivity contribution in [3.8, 4) is 0 Å². The van der Waals surface area contributed by atoms with Gasteiger partial charge in [0.1, 0.15) is 0 Å². The molecule has 0 aliphatic rings. The van der Waals surface area contributed by atoms with Gasteiger partial charge in [-0.05, 0) is 0 Å². The second-order valence-corrected chi connectivity index (χ2v) is 2.59. The van der Waals surface area contributed by atoms with E-state index in [0.29, 0.717) is 13.1 Å². The van der Waals surface area contributed by atoms with Gasteiger partial charge in [-0.3, -0.25) is 0 Å². The SMILES string of the molecule is NCCO.NCCO.O=C(O)C(O)C(O)C(=O)O. The van der Waals surface area contributed by atoms with Crippen molar-refractivity contribution in [1.29, 1.82) is 0 Å². The molecule has 0 aliphatic heterocycles. The molecule has 0 fully saturated rings. The Kier molecular flexibility index (Phi) is 19.1. The maximum absolute atomic E-state index is 9.77. The molecule has 110 valence electrons. The van der Waals surface area contributed by atoms with E-state index in [-0.39, 0.29) is 13.2 Å². The first-order chi connectivity index (χ1) is 8.29. The molecule has 0 aromatic carbocycles. The molecule has 10 N–H and O–H groups in total. The standard InChI is InChI=1S/C4H6O6.2C2H7NO/c5-1(3(7)8)2(6)4(9)10;2*3-1-2-4/h1-2,5-6H,(H,7,8)(H,9,10);2*4H,1-3H2. The highest BCUT2D eigenvalue weighted by molar-refractivity contribution is 5.83. The first-order valence-electron chi connectivity index (χ1n) is 4.73. The van der Waals surface area contributed by atoms with Crippen molar-refractivity contribution < 1.29 is 40.2 Å². The molecule has 10 nitrogen and oxygen atoms in total. The van der Waals surface area contributed by atoms with Crippen LogP contribution in [0.2, 0.25) is 0 Å². The lowest BCUT2D eigenvalue weighted by atomic mass is 10.2. The zero-order chi connectivity index (χ0) is 15.1. The third-order valence-corrected chi connectivity index (χ3v) is 1.06. The van der Waals surface area contributed by atoms with Crippen LogP contribution in [-0.4, -0.2) is 81.1 Å². The summed E-state index contributed by atoms with van der Waals surface area (Å²) in [5.74, 6) is -3.54. The number of hydrogen-bond acceptors (Lipinski definition) is 8. The molecule has 0 spiro atoms. The molecule has 0 rings (SSSR count). The summed E-state index contributed by atoms with van der Waals surface area (Å²) < 4.78 is 0. The van der Waals surface area contributed by atoms with E-state index in [1.165, 1.54) is 0 Å². The van der Waals surface area contributed by atoms with Gasteiger partial charge in [-0.1, -0.05) is 0 Å². The topological polar surface area (TPSA) is 208 Å². The number of aliphatic hydroxyl groups is 4. The van der Waals surface area contributed by atoms with E-state index in [2.05, 4.69) is 0 Å². The van der Waals surface area contributed by atoms with E-state index in [4.69, 9.17) is 42.1 Å². The van der Waals surface area contributed by atoms with Gasteiger partial charge in [0.05, 0.1) is 13.2 Å². The van der Waals surface area contributed by atoms with E-state index in [0.717, 1.165) is 0 Å². The number of carbonyl (C=O) groups is 2. The summed E-state index contributed by atoms with van der Waals surface area (Å²) in [6.45, 7) is 0.944. The van der Waals surface area contributed by atoms with Gasteiger partial charge in [-0.25, -0.2) is 9.59 Å². The Labute approximate surface area is 103 Å². The van der Waals surface area contributed by atoms with E-state index >= 15 is 0 Å². The summed E-state index contributed by atoms with van der Waals surface area (Å²) >= 11 is 0. The molecule has 0 radical (unpaired) electrons. The smallest absolute Gasteiger partial charge is 0.335 e. The molecule has 2 atom stereocenters.